The van der Waals surface area contributed by atoms with Crippen LogP contribution in [0.2, 0.25) is 0 Å². The number of benzene rings is 3. The maximum absolute atomic E-state index is 12.7. The van der Waals surface area contributed by atoms with Crippen LogP contribution in [0.25, 0.3) is 10.8 Å². The van der Waals surface area contributed by atoms with E-state index >= 15 is 0 Å². The van der Waals surface area contributed by atoms with Gasteiger partial charge in [-0.2, -0.15) is 0 Å². The summed E-state index contributed by atoms with van der Waals surface area (Å²) in [5.41, 5.74) is 6.05. The molecular formula is C20H16N2O4S. The van der Waals surface area contributed by atoms with Gasteiger partial charge >= 0.3 is 5.97 Å². The fraction of sp³-hybridized carbons (Fsp3) is 0.0500. The average molecular weight is 380 g/mol. The highest BCUT2D eigenvalue weighted by Gasteiger charge is 2.16. The Kier molecular flexibility index (Phi) is 5.42. The fourth-order valence-electron chi connectivity index (χ4n) is 2.70. The molecule has 0 bridgehead atoms. The van der Waals surface area contributed by atoms with Crippen LogP contribution in [0, 0.1) is 0 Å². The van der Waals surface area contributed by atoms with Gasteiger partial charge in [0.05, 0.1) is 11.3 Å². The summed E-state index contributed by atoms with van der Waals surface area (Å²) in [6.07, 6.45) is 0. The first-order valence-corrected chi connectivity index (χ1v) is 9.02. The SMILES string of the molecule is NC(=O)CSc1ccc(NC(=O)c2cccc3cccc(C(=O)O)c23)cc1. The van der Waals surface area contributed by atoms with Crippen molar-refractivity contribution in [2.75, 3.05) is 11.1 Å². The largest absolute Gasteiger partial charge is 0.478 e. The molecular weight excluding hydrogens is 364 g/mol. The van der Waals surface area contributed by atoms with Crippen LogP contribution in [0.15, 0.2) is 65.6 Å². The lowest BCUT2D eigenvalue weighted by Crippen LogP contribution is -2.14. The molecule has 0 radical (unpaired) electrons. The Morgan fingerprint density at radius 2 is 1.56 bits per heavy atom. The summed E-state index contributed by atoms with van der Waals surface area (Å²) < 4.78 is 0. The normalized spacial score (nSPS) is 10.5. The second-order valence-electron chi connectivity index (χ2n) is 5.75. The minimum Gasteiger partial charge on any atom is -0.478 e. The standard InChI is InChI=1S/C20H16N2O4S/c21-17(23)11-27-14-9-7-13(8-10-14)22-19(24)15-5-1-3-12-4-2-6-16(18(12)15)20(25)26/h1-10H,11H2,(H2,21,23)(H,22,24)(H,25,26). The molecule has 0 aromatic heterocycles. The van der Waals surface area contributed by atoms with Crippen molar-refractivity contribution in [1.29, 1.82) is 0 Å². The molecule has 0 unspecified atom stereocenters. The van der Waals surface area contributed by atoms with Gasteiger partial charge in [0.15, 0.2) is 0 Å². The van der Waals surface area contributed by atoms with Crippen LogP contribution in [0.4, 0.5) is 5.69 Å². The molecule has 7 heteroatoms. The first kappa shape index (κ1) is 18.5. The summed E-state index contributed by atoms with van der Waals surface area (Å²) >= 11 is 1.31. The number of nitrogens with one attached hydrogen (secondary N) is 1. The van der Waals surface area contributed by atoms with E-state index in [4.69, 9.17) is 5.73 Å². The highest BCUT2D eigenvalue weighted by atomic mass is 32.2. The number of carbonyl (C=O) groups excluding carboxylic acids is 2. The Morgan fingerprint density at radius 1 is 0.926 bits per heavy atom. The van der Waals surface area contributed by atoms with Crippen LogP contribution >= 0.6 is 11.8 Å². The molecule has 0 fully saturated rings. The van der Waals surface area contributed by atoms with Crippen LogP contribution in [-0.2, 0) is 4.79 Å². The minimum atomic E-state index is -1.09. The van der Waals surface area contributed by atoms with Gasteiger partial charge in [-0.05, 0) is 41.8 Å². The predicted molar refractivity (Wildman–Crippen MR) is 105 cm³/mol. The highest BCUT2D eigenvalue weighted by molar-refractivity contribution is 8.00. The zero-order chi connectivity index (χ0) is 19.4. The number of hydrogen-bond acceptors (Lipinski definition) is 4. The number of rotatable bonds is 6. The van der Waals surface area contributed by atoms with Crippen molar-refractivity contribution in [3.63, 3.8) is 0 Å². The lowest BCUT2D eigenvalue weighted by molar-refractivity contribution is -0.115. The summed E-state index contributed by atoms with van der Waals surface area (Å²) in [5, 5.41) is 13.3. The van der Waals surface area contributed by atoms with E-state index in [1.165, 1.54) is 17.8 Å². The summed E-state index contributed by atoms with van der Waals surface area (Å²) in [4.78, 5) is 35.9. The summed E-state index contributed by atoms with van der Waals surface area (Å²) in [5.74, 6) is -1.70. The molecule has 6 nitrogen and oxygen atoms in total. The van der Waals surface area contributed by atoms with Gasteiger partial charge in [-0.1, -0.05) is 24.3 Å². The topological polar surface area (TPSA) is 109 Å². The molecule has 0 heterocycles. The number of hydrogen-bond donors (Lipinski definition) is 3. The maximum Gasteiger partial charge on any atom is 0.336 e. The van der Waals surface area contributed by atoms with Crippen molar-refractivity contribution in [2.24, 2.45) is 5.73 Å². The van der Waals surface area contributed by atoms with Gasteiger partial charge in [-0.25, -0.2) is 4.79 Å². The number of carboxylic acids is 1. The highest BCUT2D eigenvalue weighted by Crippen LogP contribution is 2.25. The smallest absolute Gasteiger partial charge is 0.336 e. The van der Waals surface area contributed by atoms with Crippen molar-refractivity contribution >= 4 is 46.0 Å². The van der Waals surface area contributed by atoms with E-state index in [2.05, 4.69) is 5.32 Å². The third-order valence-electron chi connectivity index (χ3n) is 3.87. The van der Waals surface area contributed by atoms with Gasteiger partial charge in [0.2, 0.25) is 5.91 Å². The van der Waals surface area contributed by atoms with Crippen LogP contribution in [-0.4, -0.2) is 28.6 Å². The van der Waals surface area contributed by atoms with Gasteiger partial charge in [-0.3, -0.25) is 9.59 Å². The average Bonchev–Trinajstić information content (AvgIpc) is 2.66. The minimum absolute atomic E-state index is 0.0800. The van der Waals surface area contributed by atoms with E-state index in [-0.39, 0.29) is 16.9 Å². The Bertz CT molecular complexity index is 1030. The van der Waals surface area contributed by atoms with Crippen molar-refractivity contribution in [2.45, 2.75) is 4.90 Å². The van der Waals surface area contributed by atoms with E-state index in [1.807, 2.05) is 0 Å². The van der Waals surface area contributed by atoms with Gasteiger partial charge in [0.1, 0.15) is 0 Å². The van der Waals surface area contributed by atoms with Crippen LogP contribution in [0.3, 0.4) is 0 Å². The summed E-state index contributed by atoms with van der Waals surface area (Å²) in [7, 11) is 0. The van der Waals surface area contributed by atoms with Crippen molar-refractivity contribution in [3.8, 4) is 0 Å². The number of amides is 2. The number of nitrogens with two attached hydrogens (primary N) is 1. The lowest BCUT2D eigenvalue weighted by atomic mass is 9.98. The Labute approximate surface area is 159 Å². The Balaban J connectivity index is 1.86. The molecule has 0 saturated heterocycles. The number of thioether (sulfide) groups is 1. The molecule has 3 rings (SSSR count). The van der Waals surface area contributed by atoms with Gasteiger partial charge < -0.3 is 16.2 Å². The van der Waals surface area contributed by atoms with E-state index in [0.717, 1.165) is 4.90 Å². The van der Waals surface area contributed by atoms with Crippen molar-refractivity contribution < 1.29 is 19.5 Å². The van der Waals surface area contributed by atoms with E-state index < -0.39 is 17.8 Å². The third kappa shape index (κ3) is 4.27. The van der Waals surface area contributed by atoms with Gasteiger partial charge in [0, 0.05) is 21.5 Å². The van der Waals surface area contributed by atoms with Crippen LogP contribution < -0.4 is 11.1 Å². The molecule has 2 amide bonds. The van der Waals surface area contributed by atoms with Gasteiger partial charge in [-0.15, -0.1) is 11.8 Å². The lowest BCUT2D eigenvalue weighted by Gasteiger charge is -2.10. The number of carbonyl (C=O) groups is 3. The molecule has 0 aliphatic carbocycles. The molecule has 3 aromatic carbocycles. The first-order chi connectivity index (χ1) is 13.0. The zero-order valence-electron chi connectivity index (χ0n) is 14.1. The number of fused-ring (bicyclic) bond motifs is 1. The second-order valence-corrected chi connectivity index (χ2v) is 6.80. The first-order valence-electron chi connectivity index (χ1n) is 8.03. The maximum atomic E-state index is 12.7. The van der Waals surface area contributed by atoms with Crippen LogP contribution in [0.1, 0.15) is 20.7 Å². The number of primary amides is 1. The van der Waals surface area contributed by atoms with E-state index in [1.54, 1.807) is 54.6 Å². The monoisotopic (exact) mass is 380 g/mol. The predicted octanol–water partition coefficient (Wildman–Crippen LogP) is 3.37. The fourth-order valence-corrected chi connectivity index (χ4v) is 3.33. The summed E-state index contributed by atoms with van der Waals surface area (Å²) in [6, 6.07) is 16.9. The molecule has 3 aromatic rings. The third-order valence-corrected chi connectivity index (χ3v) is 4.91. The second kappa shape index (κ2) is 7.92. The number of carboxylic acid groups (broad SMARTS) is 1. The van der Waals surface area contributed by atoms with E-state index in [9.17, 15) is 19.5 Å². The molecule has 27 heavy (non-hydrogen) atoms. The van der Waals surface area contributed by atoms with Gasteiger partial charge in [0.25, 0.3) is 5.91 Å². The number of anilines is 1. The molecule has 4 N–H and O–H groups in total. The molecule has 0 atom stereocenters. The molecule has 0 aliphatic rings. The Hall–Kier alpha value is -3.32. The number of aromatic carboxylic acids is 1. The summed E-state index contributed by atoms with van der Waals surface area (Å²) in [6.45, 7) is 0. The molecule has 0 saturated carbocycles. The molecule has 136 valence electrons. The van der Waals surface area contributed by atoms with Crippen LogP contribution in [0.5, 0.6) is 0 Å². The zero-order valence-corrected chi connectivity index (χ0v) is 15.0. The van der Waals surface area contributed by atoms with E-state index in [0.29, 0.717) is 16.5 Å². The Morgan fingerprint density at radius 3 is 2.15 bits per heavy atom. The van der Waals surface area contributed by atoms with Crippen molar-refractivity contribution in [3.05, 3.63) is 71.8 Å². The molecule has 0 spiro atoms. The molecule has 0 aliphatic heterocycles. The van der Waals surface area contributed by atoms with Crippen molar-refractivity contribution in [1.82, 2.24) is 0 Å². The quantitative estimate of drug-likeness (QED) is 0.568.